The topological polar surface area (TPSA) is 51.1 Å². The van der Waals surface area contributed by atoms with E-state index in [1.54, 1.807) is 0 Å². The van der Waals surface area contributed by atoms with Crippen LogP contribution >= 0.6 is 0 Å². The van der Waals surface area contributed by atoms with E-state index in [1.807, 2.05) is 31.2 Å². The summed E-state index contributed by atoms with van der Waals surface area (Å²) < 4.78 is 5.50. The zero-order chi connectivity index (χ0) is 18.1. The van der Waals surface area contributed by atoms with Crippen molar-refractivity contribution in [2.24, 2.45) is 11.8 Å². The SMILES string of the molecule is Cc1ccc(N2C(=O)C[C@H]([C@@H]3CCCC=C3[NH+]3CCOCC3)C2=O)cc1. The average Bonchev–Trinajstić information content (AvgIpc) is 2.97. The predicted octanol–water partition coefficient (Wildman–Crippen LogP) is 1.47. The molecule has 1 aromatic rings. The molecule has 0 radical (unpaired) electrons. The molecule has 2 aliphatic heterocycles. The van der Waals surface area contributed by atoms with Crippen LogP contribution in [0.1, 0.15) is 31.2 Å². The molecule has 0 saturated carbocycles. The number of hydrogen-bond acceptors (Lipinski definition) is 3. The van der Waals surface area contributed by atoms with E-state index in [9.17, 15) is 9.59 Å². The van der Waals surface area contributed by atoms with E-state index in [1.165, 1.54) is 15.5 Å². The Hall–Kier alpha value is -1.98. The molecule has 5 nitrogen and oxygen atoms in total. The summed E-state index contributed by atoms with van der Waals surface area (Å²) in [5.41, 5.74) is 3.17. The lowest BCUT2D eigenvalue weighted by molar-refractivity contribution is -0.874. The van der Waals surface area contributed by atoms with Gasteiger partial charge in [-0.1, -0.05) is 17.7 Å². The van der Waals surface area contributed by atoms with Crippen molar-refractivity contribution in [2.75, 3.05) is 31.2 Å². The number of carbonyl (C=O) groups excluding carboxylic acids is 2. The highest BCUT2D eigenvalue weighted by atomic mass is 16.5. The monoisotopic (exact) mass is 355 g/mol. The molecule has 138 valence electrons. The molecule has 0 spiro atoms. The van der Waals surface area contributed by atoms with E-state index in [-0.39, 0.29) is 23.7 Å². The number of nitrogens with one attached hydrogen (secondary N) is 1. The molecule has 0 bridgehead atoms. The summed E-state index contributed by atoms with van der Waals surface area (Å²) in [5, 5.41) is 0. The second kappa shape index (κ2) is 7.33. The van der Waals surface area contributed by atoms with Gasteiger partial charge in [0.05, 0.1) is 24.8 Å². The van der Waals surface area contributed by atoms with Crippen molar-refractivity contribution in [1.29, 1.82) is 0 Å². The maximum Gasteiger partial charge on any atom is 0.238 e. The Labute approximate surface area is 154 Å². The smallest absolute Gasteiger partial charge is 0.238 e. The molecular weight excluding hydrogens is 328 g/mol. The van der Waals surface area contributed by atoms with Crippen LogP contribution < -0.4 is 9.80 Å². The van der Waals surface area contributed by atoms with Crippen LogP contribution in [0.2, 0.25) is 0 Å². The maximum absolute atomic E-state index is 13.2. The molecule has 1 N–H and O–H groups in total. The lowest BCUT2D eigenvalue weighted by atomic mass is 9.80. The molecule has 1 aromatic carbocycles. The lowest BCUT2D eigenvalue weighted by Crippen LogP contribution is -3.13. The second-order valence-corrected chi connectivity index (χ2v) is 7.63. The summed E-state index contributed by atoms with van der Waals surface area (Å²) in [5.74, 6) is -0.121. The van der Waals surface area contributed by atoms with Crippen molar-refractivity contribution < 1.29 is 19.2 Å². The lowest BCUT2D eigenvalue weighted by Gasteiger charge is -2.34. The van der Waals surface area contributed by atoms with E-state index >= 15 is 0 Å². The van der Waals surface area contributed by atoms with E-state index in [0.29, 0.717) is 12.1 Å². The molecule has 2 fully saturated rings. The van der Waals surface area contributed by atoms with E-state index in [4.69, 9.17) is 4.74 Å². The largest absolute Gasteiger partial charge is 0.370 e. The van der Waals surface area contributed by atoms with Gasteiger partial charge in [0, 0.05) is 12.3 Å². The second-order valence-electron chi connectivity index (χ2n) is 7.63. The van der Waals surface area contributed by atoms with Gasteiger partial charge in [-0.2, -0.15) is 0 Å². The highest BCUT2D eigenvalue weighted by Gasteiger charge is 2.47. The van der Waals surface area contributed by atoms with Crippen molar-refractivity contribution in [3.63, 3.8) is 0 Å². The molecule has 26 heavy (non-hydrogen) atoms. The van der Waals surface area contributed by atoms with Crippen molar-refractivity contribution in [3.05, 3.63) is 41.6 Å². The third kappa shape index (κ3) is 3.21. The molecule has 4 rings (SSSR count). The minimum Gasteiger partial charge on any atom is -0.370 e. The van der Waals surface area contributed by atoms with Gasteiger partial charge in [-0.3, -0.25) is 14.5 Å². The molecule has 0 aromatic heterocycles. The number of imide groups is 1. The number of anilines is 1. The number of hydrogen-bond donors (Lipinski definition) is 1. The first kappa shape index (κ1) is 17.4. The third-order valence-corrected chi connectivity index (χ3v) is 5.95. The van der Waals surface area contributed by atoms with Gasteiger partial charge in [0.15, 0.2) is 0 Å². The predicted molar refractivity (Wildman–Crippen MR) is 98.7 cm³/mol. The van der Waals surface area contributed by atoms with Crippen LogP contribution in [0, 0.1) is 18.8 Å². The molecular formula is C21H27N2O3+. The van der Waals surface area contributed by atoms with Crippen LogP contribution in [0.5, 0.6) is 0 Å². The fourth-order valence-corrected chi connectivity index (χ4v) is 4.57. The summed E-state index contributed by atoms with van der Waals surface area (Å²) >= 11 is 0. The minimum absolute atomic E-state index is 0.0238. The van der Waals surface area contributed by atoms with Gasteiger partial charge in [-0.05, 0) is 44.4 Å². The fourth-order valence-electron chi connectivity index (χ4n) is 4.57. The Morgan fingerprint density at radius 1 is 1.08 bits per heavy atom. The van der Waals surface area contributed by atoms with Crippen molar-refractivity contribution >= 4 is 17.5 Å². The standard InChI is InChI=1S/C21H26N2O3/c1-15-6-8-16(9-7-15)23-20(24)14-18(21(23)25)17-4-2-3-5-19(17)22-10-12-26-13-11-22/h5-9,17-18H,2-4,10-14H2,1H3/p+1/t17-,18+/m0/s1. The van der Waals surface area contributed by atoms with Gasteiger partial charge in [-0.15, -0.1) is 0 Å². The average molecular weight is 355 g/mol. The van der Waals surface area contributed by atoms with E-state index in [0.717, 1.165) is 51.1 Å². The van der Waals surface area contributed by atoms with Gasteiger partial charge >= 0.3 is 0 Å². The van der Waals surface area contributed by atoms with Gasteiger partial charge in [0.1, 0.15) is 18.8 Å². The summed E-state index contributed by atoms with van der Waals surface area (Å²) in [6.07, 6.45) is 5.83. The normalized spacial score (nSPS) is 27.7. The summed E-state index contributed by atoms with van der Waals surface area (Å²) in [4.78, 5) is 28.7. The number of aryl methyl sites for hydroxylation is 1. The number of morpholine rings is 1. The molecule has 2 atom stereocenters. The number of rotatable bonds is 3. The van der Waals surface area contributed by atoms with E-state index in [2.05, 4.69) is 6.08 Å². The van der Waals surface area contributed by atoms with Crippen LogP contribution in [-0.4, -0.2) is 38.1 Å². The zero-order valence-corrected chi connectivity index (χ0v) is 15.4. The van der Waals surface area contributed by atoms with E-state index < -0.39 is 0 Å². The fraction of sp³-hybridized carbons (Fsp3) is 0.524. The highest BCUT2D eigenvalue weighted by Crippen LogP contribution is 2.37. The number of amides is 2. The Balaban J connectivity index is 1.57. The quantitative estimate of drug-likeness (QED) is 0.836. The van der Waals surface area contributed by atoms with Crippen LogP contribution in [0.4, 0.5) is 5.69 Å². The number of quaternary nitrogens is 1. The molecule has 2 amide bonds. The first-order valence-corrected chi connectivity index (χ1v) is 9.71. The molecule has 0 unspecified atom stereocenters. The highest BCUT2D eigenvalue weighted by molar-refractivity contribution is 6.21. The molecule has 2 heterocycles. The summed E-state index contributed by atoms with van der Waals surface area (Å²) in [6.45, 7) is 5.46. The van der Waals surface area contributed by atoms with Gasteiger partial charge < -0.3 is 9.64 Å². The van der Waals surface area contributed by atoms with Gasteiger partial charge in [0.25, 0.3) is 0 Å². The van der Waals surface area contributed by atoms with Crippen molar-refractivity contribution in [2.45, 2.75) is 32.6 Å². The maximum atomic E-state index is 13.2. The van der Waals surface area contributed by atoms with Crippen molar-refractivity contribution in [3.8, 4) is 0 Å². The molecule has 1 aliphatic carbocycles. The Morgan fingerprint density at radius 2 is 1.81 bits per heavy atom. The number of benzene rings is 1. The van der Waals surface area contributed by atoms with Crippen LogP contribution in [0.25, 0.3) is 0 Å². The number of carbonyl (C=O) groups is 2. The third-order valence-electron chi connectivity index (χ3n) is 5.95. The van der Waals surface area contributed by atoms with Crippen LogP contribution in [0.15, 0.2) is 36.0 Å². The summed E-state index contributed by atoms with van der Waals surface area (Å²) in [6, 6.07) is 7.65. The Morgan fingerprint density at radius 3 is 2.54 bits per heavy atom. The Bertz CT molecular complexity index is 719. The zero-order valence-electron chi connectivity index (χ0n) is 15.4. The van der Waals surface area contributed by atoms with Gasteiger partial charge in [-0.25, -0.2) is 0 Å². The van der Waals surface area contributed by atoms with Crippen LogP contribution in [-0.2, 0) is 14.3 Å². The number of nitrogens with zero attached hydrogens (tertiary/aromatic N) is 1. The summed E-state index contributed by atoms with van der Waals surface area (Å²) in [7, 11) is 0. The first-order chi connectivity index (χ1) is 12.6. The Kier molecular flexibility index (Phi) is 4.92. The first-order valence-electron chi connectivity index (χ1n) is 9.71. The van der Waals surface area contributed by atoms with Crippen molar-refractivity contribution in [1.82, 2.24) is 0 Å². The molecule has 2 saturated heterocycles. The minimum atomic E-state index is -0.217. The molecule has 5 heteroatoms. The van der Waals surface area contributed by atoms with Gasteiger partial charge in [0.2, 0.25) is 11.8 Å². The number of allylic oxidation sites excluding steroid dienone is 2. The number of ether oxygens (including phenoxy) is 1. The van der Waals surface area contributed by atoms with Crippen LogP contribution in [0.3, 0.4) is 0 Å². The molecule has 3 aliphatic rings.